The van der Waals surface area contributed by atoms with Gasteiger partial charge in [-0.05, 0) is 30.2 Å². The first-order chi connectivity index (χ1) is 6.56. The third kappa shape index (κ3) is 2.72. The van der Waals surface area contributed by atoms with Gasteiger partial charge in [-0.2, -0.15) is 0 Å². The fraction of sp³-hybridized carbons (Fsp3) is 0.300. The molecule has 1 nitrogen and oxygen atoms in total. The van der Waals surface area contributed by atoms with Crippen molar-refractivity contribution in [3.05, 3.63) is 34.3 Å². The van der Waals surface area contributed by atoms with Crippen LogP contribution >= 0.6 is 39.1 Å². The van der Waals surface area contributed by atoms with Crippen LogP contribution in [0, 0.1) is 0 Å². The molecule has 4 heteroatoms. The minimum Gasteiger partial charge on any atom is -0.298 e. The second kappa shape index (κ2) is 5.15. The summed E-state index contributed by atoms with van der Waals surface area (Å²) in [4.78, 5) is 10.9. The van der Waals surface area contributed by atoms with Crippen LogP contribution < -0.4 is 0 Å². The zero-order chi connectivity index (χ0) is 10.7. The predicted molar refractivity (Wildman–Crippen MR) is 63.4 cm³/mol. The number of carbonyl (C=O) groups excluding carboxylic acids is 1. The number of alkyl halides is 2. The van der Waals surface area contributed by atoms with Crippen molar-refractivity contribution in [3.8, 4) is 0 Å². The van der Waals surface area contributed by atoms with Crippen LogP contribution in [0.15, 0.2) is 18.2 Å². The Morgan fingerprint density at radius 1 is 1.57 bits per heavy atom. The summed E-state index contributed by atoms with van der Waals surface area (Å²) >= 11 is 14.9. The number of rotatable bonds is 3. The average Bonchev–Trinajstić information content (AvgIpc) is 2.16. The maximum absolute atomic E-state index is 11.2. The highest BCUT2D eigenvalue weighted by atomic mass is 79.9. The van der Waals surface area contributed by atoms with Crippen LogP contribution in [-0.2, 0) is 10.7 Å². The molecular weight excluding hydrogens is 287 g/mol. The van der Waals surface area contributed by atoms with Gasteiger partial charge in [-0.15, -0.1) is 11.6 Å². The van der Waals surface area contributed by atoms with Crippen LogP contribution in [0.5, 0.6) is 0 Å². The molecule has 0 radical (unpaired) electrons. The topological polar surface area (TPSA) is 17.1 Å². The molecule has 0 fully saturated rings. The molecule has 0 aliphatic carbocycles. The van der Waals surface area contributed by atoms with Crippen molar-refractivity contribution in [2.24, 2.45) is 0 Å². The molecule has 0 amide bonds. The van der Waals surface area contributed by atoms with E-state index in [1.165, 1.54) is 6.92 Å². The van der Waals surface area contributed by atoms with Gasteiger partial charge in [0.25, 0.3) is 0 Å². The van der Waals surface area contributed by atoms with Gasteiger partial charge in [0.1, 0.15) is 5.78 Å². The van der Waals surface area contributed by atoms with E-state index in [0.717, 1.165) is 11.1 Å². The lowest BCUT2D eigenvalue weighted by atomic mass is 10.0. The summed E-state index contributed by atoms with van der Waals surface area (Å²) in [6, 6.07) is 5.37. The van der Waals surface area contributed by atoms with Crippen molar-refractivity contribution in [1.29, 1.82) is 0 Å². The number of ketones is 1. The Morgan fingerprint density at radius 3 is 2.71 bits per heavy atom. The van der Waals surface area contributed by atoms with Crippen LogP contribution in [0.1, 0.15) is 22.9 Å². The van der Waals surface area contributed by atoms with Crippen LogP contribution in [0.3, 0.4) is 0 Å². The number of hydrogen-bond acceptors (Lipinski definition) is 1. The molecule has 1 aromatic rings. The molecule has 0 saturated heterocycles. The lowest BCUT2D eigenvalue weighted by molar-refractivity contribution is -0.116. The zero-order valence-electron chi connectivity index (χ0n) is 7.56. The fourth-order valence-electron chi connectivity index (χ4n) is 1.14. The van der Waals surface area contributed by atoms with Gasteiger partial charge >= 0.3 is 0 Å². The van der Waals surface area contributed by atoms with Gasteiger partial charge in [-0.3, -0.25) is 4.79 Å². The molecule has 0 saturated carbocycles. The van der Waals surface area contributed by atoms with Crippen LogP contribution in [0.4, 0.5) is 0 Å². The monoisotopic (exact) mass is 294 g/mol. The summed E-state index contributed by atoms with van der Waals surface area (Å²) in [5.41, 5.74) is 1.77. The van der Waals surface area contributed by atoms with Gasteiger partial charge in [-0.25, -0.2) is 0 Å². The summed E-state index contributed by atoms with van der Waals surface area (Å²) in [5, 5.41) is 0.611. The summed E-state index contributed by atoms with van der Waals surface area (Å²) in [6.07, 6.45) is 0. The lowest BCUT2D eigenvalue weighted by Crippen LogP contribution is -2.03. The van der Waals surface area contributed by atoms with E-state index in [1.54, 1.807) is 12.1 Å². The Labute approximate surface area is 102 Å². The van der Waals surface area contributed by atoms with Crippen LogP contribution in [0.25, 0.3) is 0 Å². The van der Waals surface area contributed by atoms with Crippen LogP contribution in [0.2, 0.25) is 5.02 Å². The number of hydrogen-bond donors (Lipinski definition) is 0. The molecule has 1 atom stereocenters. The van der Waals surface area contributed by atoms with Gasteiger partial charge in [0.2, 0.25) is 0 Å². The maximum atomic E-state index is 11.2. The summed E-state index contributed by atoms with van der Waals surface area (Å²) in [5.74, 6) is 0.417. The molecule has 1 unspecified atom stereocenters. The molecule has 0 heterocycles. The molecule has 0 N–H and O–H groups in total. The average molecular weight is 296 g/mol. The summed E-state index contributed by atoms with van der Waals surface area (Å²) in [6.45, 7) is 1.53. The predicted octanol–water partition coefficient (Wildman–Crippen LogP) is 4.10. The number of benzene rings is 1. The van der Waals surface area contributed by atoms with Crippen molar-refractivity contribution in [2.75, 3.05) is 0 Å². The van der Waals surface area contributed by atoms with Gasteiger partial charge in [-0.1, -0.05) is 33.6 Å². The first-order valence-corrected chi connectivity index (χ1v) is 5.88. The van der Waals surface area contributed by atoms with Crippen molar-refractivity contribution in [1.82, 2.24) is 0 Å². The number of Topliss-reactive ketones (excluding diaryl/α,β-unsaturated/α-hetero) is 1. The normalized spacial score (nSPS) is 12.6. The van der Waals surface area contributed by atoms with E-state index < -0.39 is 0 Å². The van der Waals surface area contributed by atoms with Crippen molar-refractivity contribution in [2.45, 2.75) is 17.6 Å². The van der Waals surface area contributed by atoms with Gasteiger partial charge in [0.05, 0.1) is 4.83 Å². The minimum atomic E-state index is -0.324. The highest BCUT2D eigenvalue weighted by Gasteiger charge is 2.16. The first kappa shape index (κ1) is 12.0. The van der Waals surface area contributed by atoms with E-state index in [-0.39, 0.29) is 10.6 Å². The minimum absolute atomic E-state index is 0.0404. The summed E-state index contributed by atoms with van der Waals surface area (Å²) < 4.78 is 0. The van der Waals surface area contributed by atoms with Crippen LogP contribution in [-0.4, -0.2) is 5.78 Å². The second-order valence-electron chi connectivity index (χ2n) is 2.95. The third-order valence-corrected chi connectivity index (χ3v) is 3.54. The van der Waals surface area contributed by atoms with E-state index in [2.05, 4.69) is 15.9 Å². The molecule has 0 bridgehead atoms. The largest absolute Gasteiger partial charge is 0.298 e. The molecular formula is C10H9BrCl2O. The first-order valence-electron chi connectivity index (χ1n) is 4.05. The Morgan fingerprint density at radius 2 is 2.21 bits per heavy atom. The van der Waals surface area contributed by atoms with E-state index >= 15 is 0 Å². The Hall–Kier alpha value is -0.0500. The van der Waals surface area contributed by atoms with Gasteiger partial charge < -0.3 is 0 Å². The SMILES string of the molecule is CC(=O)C(Br)c1cc(Cl)ccc1CCl. The van der Waals surface area contributed by atoms with Gasteiger partial charge in [0.15, 0.2) is 0 Å². The van der Waals surface area contributed by atoms with E-state index in [4.69, 9.17) is 23.2 Å². The molecule has 76 valence electrons. The second-order valence-corrected chi connectivity index (χ2v) is 4.57. The number of halogens is 3. The fourth-order valence-corrected chi connectivity index (χ4v) is 1.99. The molecule has 1 aromatic carbocycles. The quantitative estimate of drug-likeness (QED) is 0.767. The zero-order valence-corrected chi connectivity index (χ0v) is 10.7. The maximum Gasteiger partial charge on any atom is 0.147 e. The van der Waals surface area contributed by atoms with Crippen molar-refractivity contribution in [3.63, 3.8) is 0 Å². The third-order valence-electron chi connectivity index (χ3n) is 1.88. The standard InChI is InChI=1S/C10H9BrCl2O/c1-6(14)10(11)9-4-8(13)3-2-7(9)5-12/h2-4,10H,5H2,1H3. The van der Waals surface area contributed by atoms with Crippen molar-refractivity contribution < 1.29 is 4.79 Å². The Bertz CT molecular complexity index is 352. The molecule has 0 aromatic heterocycles. The molecule has 1 rings (SSSR count). The van der Waals surface area contributed by atoms with Crippen molar-refractivity contribution >= 4 is 44.9 Å². The van der Waals surface area contributed by atoms with E-state index in [9.17, 15) is 4.79 Å². The molecule has 0 aliphatic heterocycles. The highest BCUT2D eigenvalue weighted by Crippen LogP contribution is 2.30. The summed E-state index contributed by atoms with van der Waals surface area (Å²) in [7, 11) is 0. The highest BCUT2D eigenvalue weighted by molar-refractivity contribution is 9.09. The molecule has 14 heavy (non-hydrogen) atoms. The van der Waals surface area contributed by atoms with E-state index in [0.29, 0.717) is 10.9 Å². The lowest BCUT2D eigenvalue weighted by Gasteiger charge is -2.11. The Kier molecular flexibility index (Phi) is 4.42. The van der Waals surface area contributed by atoms with E-state index in [1.807, 2.05) is 6.07 Å². The smallest absolute Gasteiger partial charge is 0.147 e. The molecule has 0 spiro atoms. The number of carbonyl (C=O) groups is 1. The molecule has 0 aliphatic rings. The Balaban J connectivity index is 3.16. The van der Waals surface area contributed by atoms with Gasteiger partial charge in [0, 0.05) is 10.9 Å².